The monoisotopic (exact) mass is 487 g/mol. The fourth-order valence-electron chi connectivity index (χ4n) is 3.27. The van der Waals surface area contributed by atoms with Crippen molar-refractivity contribution in [3.8, 4) is 5.75 Å². The second-order valence-electron chi connectivity index (χ2n) is 7.07. The molecule has 1 heterocycles. The Labute approximate surface area is 188 Å². The third-order valence-electron chi connectivity index (χ3n) is 5.07. The largest absolute Gasteiger partial charge is 0.497 e. The van der Waals surface area contributed by atoms with E-state index in [1.807, 2.05) is 0 Å². The summed E-state index contributed by atoms with van der Waals surface area (Å²) in [5.74, 6) is 0.213. The maximum atomic E-state index is 13.4. The maximum absolute atomic E-state index is 13.4. The van der Waals surface area contributed by atoms with Gasteiger partial charge >= 0.3 is 0 Å². The van der Waals surface area contributed by atoms with Crippen molar-refractivity contribution in [2.45, 2.75) is 11.4 Å². The van der Waals surface area contributed by atoms with E-state index in [9.17, 15) is 16.8 Å². The smallest absolute Gasteiger partial charge is 0.243 e. The minimum Gasteiger partial charge on any atom is -0.497 e. The lowest BCUT2D eigenvalue weighted by Crippen LogP contribution is -2.48. The van der Waals surface area contributed by atoms with Gasteiger partial charge in [-0.15, -0.1) is 0 Å². The van der Waals surface area contributed by atoms with Crippen molar-refractivity contribution in [1.29, 1.82) is 0 Å². The normalized spacial score (nSPS) is 15.8. The number of methoxy groups -OCH3 is 1. The van der Waals surface area contributed by atoms with E-state index in [0.29, 0.717) is 42.5 Å². The van der Waals surface area contributed by atoms with E-state index in [2.05, 4.69) is 5.32 Å². The highest BCUT2D eigenvalue weighted by Crippen LogP contribution is 2.24. The van der Waals surface area contributed by atoms with Crippen molar-refractivity contribution in [3.05, 3.63) is 59.1 Å². The van der Waals surface area contributed by atoms with Gasteiger partial charge in [-0.3, -0.25) is 0 Å². The Balaban J connectivity index is 1.87. The Morgan fingerprint density at radius 3 is 2.29 bits per heavy atom. The molecule has 0 amide bonds. The lowest BCUT2D eigenvalue weighted by molar-refractivity contribution is 0.355. The zero-order valence-corrected chi connectivity index (χ0v) is 19.6. The van der Waals surface area contributed by atoms with Gasteiger partial charge in [-0.1, -0.05) is 29.8 Å². The van der Waals surface area contributed by atoms with Crippen LogP contribution in [0.4, 0.5) is 0 Å². The van der Waals surface area contributed by atoms with Gasteiger partial charge in [0.15, 0.2) is 0 Å². The van der Waals surface area contributed by atoms with Crippen LogP contribution in [0, 0.1) is 0 Å². The number of benzene rings is 2. The van der Waals surface area contributed by atoms with Crippen molar-refractivity contribution in [3.63, 3.8) is 0 Å². The molecule has 0 spiro atoms. The molecule has 3 rings (SSSR count). The van der Waals surface area contributed by atoms with Crippen molar-refractivity contribution in [1.82, 2.24) is 13.9 Å². The van der Waals surface area contributed by atoms with E-state index in [1.165, 1.54) is 23.5 Å². The number of piperazine rings is 1. The van der Waals surface area contributed by atoms with Crippen LogP contribution in [0.1, 0.15) is 5.56 Å². The van der Waals surface area contributed by atoms with Gasteiger partial charge in [-0.2, -0.15) is 8.61 Å². The number of sulfonamides is 2. The van der Waals surface area contributed by atoms with Crippen LogP contribution in [0.5, 0.6) is 5.75 Å². The highest BCUT2D eigenvalue weighted by molar-refractivity contribution is 7.90. The Kier molecular flexibility index (Phi) is 7.95. The van der Waals surface area contributed by atoms with E-state index in [0.717, 1.165) is 4.31 Å². The second kappa shape index (κ2) is 10.3. The highest BCUT2D eigenvalue weighted by Gasteiger charge is 2.30. The van der Waals surface area contributed by atoms with Crippen molar-refractivity contribution < 1.29 is 21.6 Å². The van der Waals surface area contributed by atoms with Crippen molar-refractivity contribution >= 4 is 31.6 Å². The first-order valence-corrected chi connectivity index (χ1v) is 13.2. The molecule has 8 nitrogen and oxygen atoms in total. The van der Waals surface area contributed by atoms with Gasteiger partial charge in [0, 0.05) is 44.3 Å². The van der Waals surface area contributed by atoms with Crippen molar-refractivity contribution in [2.75, 3.05) is 45.6 Å². The molecule has 31 heavy (non-hydrogen) atoms. The molecule has 0 radical (unpaired) electrons. The first-order valence-electron chi connectivity index (χ1n) is 9.80. The zero-order valence-electron chi connectivity index (χ0n) is 17.2. The number of ether oxygens (including phenoxy) is 1. The average molecular weight is 488 g/mol. The number of halogens is 1. The maximum Gasteiger partial charge on any atom is 0.243 e. The van der Waals surface area contributed by atoms with Crippen LogP contribution in [0.2, 0.25) is 5.02 Å². The minimum atomic E-state index is -3.97. The quantitative estimate of drug-likeness (QED) is 0.579. The minimum absolute atomic E-state index is 0.0366. The molecule has 2 aromatic carbocycles. The van der Waals surface area contributed by atoms with Crippen LogP contribution in [0.3, 0.4) is 0 Å². The topological polar surface area (TPSA) is 96.0 Å². The molecular weight excluding hydrogens is 462 g/mol. The molecule has 0 atom stereocenters. The van der Waals surface area contributed by atoms with Crippen LogP contribution < -0.4 is 10.1 Å². The molecule has 2 aromatic rings. The Morgan fingerprint density at radius 1 is 1.03 bits per heavy atom. The molecule has 0 aliphatic carbocycles. The van der Waals surface area contributed by atoms with Crippen LogP contribution in [-0.2, 0) is 26.6 Å². The molecule has 0 bridgehead atoms. The average Bonchev–Trinajstić information content (AvgIpc) is 2.78. The van der Waals surface area contributed by atoms with Crippen LogP contribution in [-0.4, -0.2) is 71.0 Å². The Hall–Kier alpha value is -1.69. The molecular formula is C20H26ClN3O5S2. The summed E-state index contributed by atoms with van der Waals surface area (Å²) in [5.41, 5.74) is 0.598. The van der Waals surface area contributed by atoms with Crippen LogP contribution >= 0.6 is 11.6 Å². The molecule has 0 saturated carbocycles. The third kappa shape index (κ3) is 5.97. The standard InChI is InChI=1S/C20H26ClN3O5S2/c1-29-18-6-8-19(9-7-18)31(27,28)24(16-17-4-2-3-5-20(17)21)14-15-30(25,26)23-12-10-22-11-13-23/h2-9,22H,10-16H2,1H3. The number of hydrogen-bond acceptors (Lipinski definition) is 6. The van der Waals surface area contributed by atoms with Gasteiger partial charge in [0.2, 0.25) is 20.0 Å². The molecule has 1 aliphatic heterocycles. The molecule has 1 N–H and O–H groups in total. The van der Waals surface area contributed by atoms with Gasteiger partial charge in [0.05, 0.1) is 17.8 Å². The summed E-state index contributed by atoms with van der Waals surface area (Å²) in [6.07, 6.45) is 0. The van der Waals surface area contributed by atoms with Crippen LogP contribution in [0.15, 0.2) is 53.4 Å². The second-order valence-corrected chi connectivity index (χ2v) is 11.5. The van der Waals surface area contributed by atoms with Crippen molar-refractivity contribution in [2.24, 2.45) is 0 Å². The summed E-state index contributed by atoms with van der Waals surface area (Å²) in [6, 6.07) is 12.9. The zero-order chi connectivity index (χ0) is 22.5. The highest BCUT2D eigenvalue weighted by atomic mass is 35.5. The van der Waals surface area contributed by atoms with Gasteiger partial charge in [0.1, 0.15) is 5.75 Å². The SMILES string of the molecule is COc1ccc(S(=O)(=O)N(CCS(=O)(=O)N2CCNCC2)Cc2ccccc2Cl)cc1. The van der Waals surface area contributed by atoms with Crippen LogP contribution in [0.25, 0.3) is 0 Å². The van der Waals surface area contributed by atoms with Gasteiger partial charge < -0.3 is 10.1 Å². The summed E-state index contributed by atoms with van der Waals surface area (Å²) in [4.78, 5) is 0.0555. The molecule has 1 fully saturated rings. The summed E-state index contributed by atoms with van der Waals surface area (Å²) in [7, 11) is -6.08. The molecule has 11 heteroatoms. The summed E-state index contributed by atoms with van der Waals surface area (Å²) < 4.78 is 60.0. The van der Waals surface area contributed by atoms with Gasteiger partial charge in [-0.05, 0) is 35.9 Å². The number of nitrogens with zero attached hydrogens (tertiary/aromatic N) is 2. The summed E-state index contributed by atoms with van der Waals surface area (Å²) >= 11 is 6.24. The van der Waals surface area contributed by atoms with E-state index >= 15 is 0 Å². The molecule has 0 aromatic heterocycles. The first kappa shape index (κ1) is 24.0. The third-order valence-corrected chi connectivity index (χ3v) is 9.15. The van der Waals surface area contributed by atoms with Gasteiger partial charge in [-0.25, -0.2) is 16.8 Å². The lowest BCUT2D eigenvalue weighted by Gasteiger charge is -2.28. The predicted molar refractivity (Wildman–Crippen MR) is 120 cm³/mol. The molecule has 170 valence electrons. The first-order chi connectivity index (χ1) is 14.7. The van der Waals surface area contributed by atoms with E-state index in [4.69, 9.17) is 16.3 Å². The summed E-state index contributed by atoms with van der Waals surface area (Å²) in [6.45, 7) is 1.67. The Morgan fingerprint density at radius 2 is 1.68 bits per heavy atom. The van der Waals surface area contributed by atoms with E-state index in [1.54, 1.807) is 36.4 Å². The molecule has 1 saturated heterocycles. The molecule has 0 unspecified atom stereocenters. The van der Waals surface area contributed by atoms with E-state index < -0.39 is 20.0 Å². The molecule has 1 aliphatic rings. The van der Waals surface area contributed by atoms with Gasteiger partial charge in [0.25, 0.3) is 0 Å². The predicted octanol–water partition coefficient (Wildman–Crippen LogP) is 1.77. The van der Waals surface area contributed by atoms with E-state index in [-0.39, 0.29) is 23.7 Å². The summed E-state index contributed by atoms with van der Waals surface area (Å²) in [5, 5.41) is 3.53. The number of rotatable bonds is 9. The fraction of sp³-hybridized carbons (Fsp3) is 0.400. The lowest BCUT2D eigenvalue weighted by atomic mass is 10.2. The fourth-order valence-corrected chi connectivity index (χ4v) is 6.44. The number of hydrogen-bond donors (Lipinski definition) is 1. The Bertz CT molecular complexity index is 1090. The number of nitrogens with one attached hydrogen (secondary N) is 1.